The minimum absolute atomic E-state index is 0.204. The molecule has 0 radical (unpaired) electrons. The first-order valence-corrected chi connectivity index (χ1v) is 10.6. The summed E-state index contributed by atoms with van der Waals surface area (Å²) in [7, 11) is 0. The number of aromatic nitrogens is 2. The van der Waals surface area contributed by atoms with Crippen LogP contribution in [-0.4, -0.2) is 34.8 Å². The quantitative estimate of drug-likeness (QED) is 0.507. The van der Waals surface area contributed by atoms with Gasteiger partial charge in [-0.25, -0.2) is 4.68 Å². The smallest absolute Gasteiger partial charge is 0.306 e. The average molecular weight is 420 g/mol. The van der Waals surface area contributed by atoms with Gasteiger partial charge in [-0.05, 0) is 47.6 Å². The SMILES string of the molecule is CC(C)c1ccc(CCNC(=O)COC(=O)CCc2cnn(-c3ccccc3)c2)cc1. The average Bonchev–Trinajstić information content (AvgIpc) is 3.26. The van der Waals surface area contributed by atoms with Gasteiger partial charge in [0.2, 0.25) is 0 Å². The summed E-state index contributed by atoms with van der Waals surface area (Å²) >= 11 is 0. The van der Waals surface area contributed by atoms with E-state index in [1.165, 1.54) is 5.56 Å². The van der Waals surface area contributed by atoms with Gasteiger partial charge >= 0.3 is 5.97 Å². The number of hydrogen-bond acceptors (Lipinski definition) is 4. The van der Waals surface area contributed by atoms with Crippen molar-refractivity contribution in [2.45, 2.75) is 39.0 Å². The van der Waals surface area contributed by atoms with E-state index in [4.69, 9.17) is 4.74 Å². The van der Waals surface area contributed by atoms with Gasteiger partial charge in [0, 0.05) is 19.2 Å². The highest BCUT2D eigenvalue weighted by Gasteiger charge is 2.09. The Bertz CT molecular complexity index is 979. The molecule has 3 aromatic rings. The van der Waals surface area contributed by atoms with Gasteiger partial charge in [-0.15, -0.1) is 0 Å². The van der Waals surface area contributed by atoms with E-state index in [2.05, 4.69) is 48.5 Å². The third-order valence-corrected chi connectivity index (χ3v) is 5.02. The van der Waals surface area contributed by atoms with Gasteiger partial charge < -0.3 is 10.1 Å². The maximum absolute atomic E-state index is 12.0. The fourth-order valence-corrected chi connectivity index (χ4v) is 3.14. The first kappa shape index (κ1) is 22.3. The monoisotopic (exact) mass is 419 g/mol. The van der Waals surface area contributed by atoms with Crippen molar-refractivity contribution in [3.8, 4) is 5.69 Å². The number of carbonyl (C=O) groups excluding carboxylic acids is 2. The Morgan fingerprint density at radius 3 is 2.45 bits per heavy atom. The molecule has 3 rings (SSSR count). The third kappa shape index (κ3) is 7.10. The van der Waals surface area contributed by atoms with Crippen LogP contribution < -0.4 is 5.32 Å². The highest BCUT2D eigenvalue weighted by Crippen LogP contribution is 2.14. The lowest BCUT2D eigenvalue weighted by atomic mass is 10.0. The van der Waals surface area contributed by atoms with Gasteiger partial charge in [0.05, 0.1) is 11.9 Å². The summed E-state index contributed by atoms with van der Waals surface area (Å²) in [5, 5.41) is 7.10. The molecule has 0 aliphatic rings. The van der Waals surface area contributed by atoms with Gasteiger partial charge in [-0.1, -0.05) is 56.3 Å². The van der Waals surface area contributed by atoms with Crippen molar-refractivity contribution in [1.29, 1.82) is 0 Å². The largest absolute Gasteiger partial charge is 0.456 e. The van der Waals surface area contributed by atoms with E-state index in [1.807, 2.05) is 36.5 Å². The lowest BCUT2D eigenvalue weighted by Gasteiger charge is -2.08. The summed E-state index contributed by atoms with van der Waals surface area (Å²) in [4.78, 5) is 23.9. The maximum Gasteiger partial charge on any atom is 0.306 e. The number of aryl methyl sites for hydroxylation is 1. The van der Waals surface area contributed by atoms with E-state index in [9.17, 15) is 9.59 Å². The van der Waals surface area contributed by atoms with Crippen LogP contribution in [0.15, 0.2) is 67.0 Å². The molecule has 0 aliphatic carbocycles. The van der Waals surface area contributed by atoms with Crippen LogP contribution in [0, 0.1) is 0 Å². The minimum Gasteiger partial charge on any atom is -0.456 e. The van der Waals surface area contributed by atoms with Crippen molar-refractivity contribution >= 4 is 11.9 Å². The van der Waals surface area contributed by atoms with Gasteiger partial charge in [0.1, 0.15) is 0 Å². The molecule has 0 bridgehead atoms. The van der Waals surface area contributed by atoms with Crippen LogP contribution in [0.1, 0.15) is 42.9 Å². The van der Waals surface area contributed by atoms with E-state index in [-0.39, 0.29) is 18.9 Å². The predicted octanol–water partition coefficient (Wildman–Crippen LogP) is 3.83. The molecular weight excluding hydrogens is 390 g/mol. The van der Waals surface area contributed by atoms with Crippen LogP contribution in [0.25, 0.3) is 5.69 Å². The zero-order valence-corrected chi connectivity index (χ0v) is 18.1. The number of rotatable bonds is 10. The second-order valence-corrected chi connectivity index (χ2v) is 7.79. The van der Waals surface area contributed by atoms with Crippen LogP contribution in [0.2, 0.25) is 0 Å². The van der Waals surface area contributed by atoms with Gasteiger partial charge in [0.15, 0.2) is 6.61 Å². The summed E-state index contributed by atoms with van der Waals surface area (Å²) in [6.45, 7) is 4.58. The van der Waals surface area contributed by atoms with Crippen molar-refractivity contribution in [2.24, 2.45) is 0 Å². The van der Waals surface area contributed by atoms with Crippen LogP contribution in [0.5, 0.6) is 0 Å². The molecule has 2 aromatic carbocycles. The molecule has 1 amide bonds. The topological polar surface area (TPSA) is 73.2 Å². The Kier molecular flexibility index (Phi) is 7.98. The Morgan fingerprint density at radius 2 is 1.74 bits per heavy atom. The molecule has 31 heavy (non-hydrogen) atoms. The van der Waals surface area contributed by atoms with Gasteiger partial charge in [0.25, 0.3) is 5.91 Å². The fraction of sp³-hybridized carbons (Fsp3) is 0.320. The molecule has 0 aliphatic heterocycles. The number of para-hydroxylation sites is 1. The van der Waals surface area contributed by atoms with Crippen molar-refractivity contribution in [2.75, 3.05) is 13.2 Å². The summed E-state index contributed by atoms with van der Waals surface area (Å²) < 4.78 is 6.85. The highest BCUT2D eigenvalue weighted by molar-refractivity contribution is 5.80. The molecule has 1 N–H and O–H groups in total. The lowest BCUT2D eigenvalue weighted by Crippen LogP contribution is -2.30. The molecule has 0 fully saturated rings. The summed E-state index contributed by atoms with van der Waals surface area (Å²) in [5.74, 6) is -0.181. The molecule has 1 heterocycles. The van der Waals surface area contributed by atoms with Crippen LogP contribution in [0.3, 0.4) is 0 Å². The Balaban J connectivity index is 1.32. The zero-order valence-electron chi connectivity index (χ0n) is 18.1. The van der Waals surface area contributed by atoms with E-state index in [0.717, 1.165) is 23.2 Å². The van der Waals surface area contributed by atoms with Crippen molar-refractivity contribution in [3.63, 3.8) is 0 Å². The number of ether oxygens (including phenoxy) is 1. The molecule has 0 spiro atoms. The third-order valence-electron chi connectivity index (χ3n) is 5.02. The molecule has 0 saturated heterocycles. The highest BCUT2D eigenvalue weighted by atomic mass is 16.5. The molecule has 6 heteroatoms. The standard InChI is InChI=1S/C25H29N3O3/c1-19(2)22-11-8-20(9-12-22)14-15-26-24(29)18-31-25(30)13-10-21-16-27-28(17-21)23-6-4-3-5-7-23/h3-9,11-12,16-17,19H,10,13-15,18H2,1-2H3,(H,26,29). The second-order valence-electron chi connectivity index (χ2n) is 7.79. The summed E-state index contributed by atoms with van der Waals surface area (Å²) in [6.07, 6.45) is 5.09. The lowest BCUT2D eigenvalue weighted by molar-refractivity contribution is -0.148. The van der Waals surface area contributed by atoms with Gasteiger partial charge in [-0.2, -0.15) is 5.10 Å². The van der Waals surface area contributed by atoms with E-state index in [0.29, 0.717) is 18.9 Å². The number of hydrogen-bond donors (Lipinski definition) is 1. The maximum atomic E-state index is 12.0. The normalized spacial score (nSPS) is 10.8. The van der Waals surface area contributed by atoms with E-state index in [1.54, 1.807) is 10.9 Å². The van der Waals surface area contributed by atoms with Gasteiger partial charge in [-0.3, -0.25) is 9.59 Å². The van der Waals surface area contributed by atoms with E-state index < -0.39 is 5.97 Å². The molecular formula is C25H29N3O3. The zero-order chi connectivity index (χ0) is 22.1. The number of amides is 1. The van der Waals surface area contributed by atoms with Crippen molar-refractivity contribution in [1.82, 2.24) is 15.1 Å². The van der Waals surface area contributed by atoms with Crippen molar-refractivity contribution < 1.29 is 14.3 Å². The number of benzene rings is 2. The Morgan fingerprint density at radius 1 is 1.00 bits per heavy atom. The number of carbonyl (C=O) groups is 2. The van der Waals surface area contributed by atoms with Crippen LogP contribution >= 0.6 is 0 Å². The molecule has 0 atom stereocenters. The number of nitrogens with one attached hydrogen (secondary N) is 1. The molecule has 6 nitrogen and oxygen atoms in total. The molecule has 0 unspecified atom stereocenters. The fourth-order valence-electron chi connectivity index (χ4n) is 3.14. The van der Waals surface area contributed by atoms with E-state index >= 15 is 0 Å². The predicted molar refractivity (Wildman–Crippen MR) is 120 cm³/mol. The molecule has 1 aromatic heterocycles. The summed E-state index contributed by atoms with van der Waals surface area (Å²) in [5.41, 5.74) is 4.36. The second kappa shape index (κ2) is 11.1. The molecule has 162 valence electrons. The minimum atomic E-state index is -0.396. The number of esters is 1. The Labute approximate surface area is 183 Å². The first-order chi connectivity index (χ1) is 15.0. The van der Waals surface area contributed by atoms with Crippen LogP contribution in [-0.2, 0) is 27.2 Å². The molecule has 0 saturated carbocycles. The van der Waals surface area contributed by atoms with Crippen molar-refractivity contribution in [3.05, 3.63) is 83.7 Å². The van der Waals surface area contributed by atoms with Crippen LogP contribution in [0.4, 0.5) is 0 Å². The Hall–Kier alpha value is -3.41. The summed E-state index contributed by atoms with van der Waals surface area (Å²) in [6, 6.07) is 18.2. The first-order valence-electron chi connectivity index (χ1n) is 10.6. The number of nitrogens with zero attached hydrogens (tertiary/aromatic N) is 2.